The molecule has 0 unspecified atom stereocenters. The zero-order chi connectivity index (χ0) is 13.2. The van der Waals surface area contributed by atoms with Crippen molar-refractivity contribution in [3.8, 4) is 0 Å². The van der Waals surface area contributed by atoms with E-state index in [0.717, 1.165) is 19.7 Å². The minimum atomic E-state index is 0.515. The Balaban J connectivity index is 1.45. The van der Waals surface area contributed by atoms with Crippen molar-refractivity contribution in [2.45, 2.75) is 44.9 Å². The third-order valence-corrected chi connectivity index (χ3v) is 6.45. The fraction of sp³-hybridized carbons (Fsp3) is 0.933. The average molecular weight is 282 g/mol. The lowest BCUT2D eigenvalue weighted by Gasteiger charge is -2.31. The van der Waals surface area contributed by atoms with Crippen molar-refractivity contribution in [2.75, 3.05) is 32.6 Å². The van der Waals surface area contributed by atoms with Crippen molar-refractivity contribution in [3.05, 3.63) is 0 Å². The Labute approximate surface area is 121 Å². The van der Waals surface area contributed by atoms with Crippen molar-refractivity contribution < 1.29 is 4.74 Å². The number of thioether (sulfide) groups is 1. The number of hydrogen-bond donors (Lipinski definition) is 1. The summed E-state index contributed by atoms with van der Waals surface area (Å²) in [5.41, 5.74) is 1.07. The summed E-state index contributed by atoms with van der Waals surface area (Å²) in [6.45, 7) is 3.05. The lowest BCUT2D eigenvalue weighted by atomic mass is 9.89. The highest BCUT2D eigenvalue weighted by Crippen LogP contribution is 2.48. The summed E-state index contributed by atoms with van der Waals surface area (Å²) < 4.78 is 5.21. The summed E-state index contributed by atoms with van der Waals surface area (Å²) in [6.07, 6.45) is 9.52. The van der Waals surface area contributed by atoms with Crippen molar-refractivity contribution >= 4 is 16.9 Å². The van der Waals surface area contributed by atoms with Gasteiger partial charge in [-0.15, -0.1) is 0 Å². The summed E-state index contributed by atoms with van der Waals surface area (Å²) in [7, 11) is 1.80. The average Bonchev–Trinajstić information content (AvgIpc) is 3.08. The van der Waals surface area contributed by atoms with Crippen LogP contribution in [0.2, 0.25) is 0 Å². The number of hydrogen-bond acceptors (Lipinski definition) is 4. The molecule has 2 aliphatic carbocycles. The third-order valence-electron chi connectivity index (χ3n) is 5.15. The molecular weight excluding hydrogens is 256 g/mol. The second-order valence-corrected chi connectivity index (χ2v) is 7.68. The minimum Gasteiger partial charge on any atom is -0.385 e. The van der Waals surface area contributed by atoms with Crippen LogP contribution in [0.4, 0.5) is 0 Å². The Morgan fingerprint density at radius 3 is 2.63 bits per heavy atom. The SMILES string of the molecule is COCCC1(CNC2=NCC3(CCCC3)CS2)CC1. The molecule has 19 heavy (non-hydrogen) atoms. The van der Waals surface area contributed by atoms with E-state index in [0.29, 0.717) is 10.8 Å². The molecule has 1 aliphatic heterocycles. The molecule has 0 aromatic rings. The molecule has 3 nitrogen and oxygen atoms in total. The van der Waals surface area contributed by atoms with Crippen molar-refractivity contribution in [3.63, 3.8) is 0 Å². The zero-order valence-corrected chi connectivity index (χ0v) is 12.9. The molecule has 0 aromatic heterocycles. The maximum atomic E-state index is 5.21. The molecule has 3 rings (SSSR count). The summed E-state index contributed by atoms with van der Waals surface area (Å²) in [4.78, 5) is 4.81. The standard InChI is InChI=1S/C15H26N2OS/c1-18-9-8-14(6-7-14)10-16-13-17-11-15(12-19-13)4-2-3-5-15/h2-12H2,1H3,(H,16,17). The van der Waals surface area contributed by atoms with Gasteiger partial charge in [-0.05, 0) is 42.9 Å². The van der Waals surface area contributed by atoms with Gasteiger partial charge in [0.2, 0.25) is 0 Å². The van der Waals surface area contributed by atoms with Gasteiger partial charge in [0, 0.05) is 32.6 Å². The van der Waals surface area contributed by atoms with Crippen LogP contribution < -0.4 is 5.32 Å². The highest BCUT2D eigenvalue weighted by Gasteiger charge is 2.42. The van der Waals surface area contributed by atoms with Gasteiger partial charge in [-0.25, -0.2) is 0 Å². The van der Waals surface area contributed by atoms with Gasteiger partial charge in [0.25, 0.3) is 0 Å². The lowest BCUT2D eigenvalue weighted by Crippen LogP contribution is -2.36. The molecule has 0 aromatic carbocycles. The molecule has 1 N–H and O–H groups in total. The van der Waals surface area contributed by atoms with Gasteiger partial charge in [-0.3, -0.25) is 4.99 Å². The van der Waals surface area contributed by atoms with Gasteiger partial charge < -0.3 is 10.1 Å². The Bertz CT molecular complexity index is 346. The second kappa shape index (κ2) is 5.65. The zero-order valence-electron chi connectivity index (χ0n) is 12.0. The summed E-state index contributed by atoms with van der Waals surface area (Å²) >= 11 is 1.96. The van der Waals surface area contributed by atoms with Crippen LogP contribution in [0.25, 0.3) is 0 Å². The molecule has 2 fully saturated rings. The number of nitrogens with zero attached hydrogens (tertiary/aromatic N) is 1. The van der Waals surface area contributed by atoms with Gasteiger partial charge in [0.1, 0.15) is 0 Å². The van der Waals surface area contributed by atoms with Crippen LogP contribution >= 0.6 is 11.8 Å². The molecule has 0 bridgehead atoms. The van der Waals surface area contributed by atoms with E-state index >= 15 is 0 Å². The molecule has 0 atom stereocenters. The molecule has 0 saturated heterocycles. The quantitative estimate of drug-likeness (QED) is 0.841. The maximum absolute atomic E-state index is 5.21. The van der Waals surface area contributed by atoms with Crippen molar-refractivity contribution in [1.29, 1.82) is 0 Å². The Hall–Kier alpha value is -0.220. The van der Waals surface area contributed by atoms with Crippen LogP contribution in [-0.2, 0) is 4.74 Å². The van der Waals surface area contributed by atoms with E-state index in [4.69, 9.17) is 9.73 Å². The molecule has 2 saturated carbocycles. The number of nitrogens with one attached hydrogen (secondary N) is 1. The second-order valence-electron chi connectivity index (χ2n) is 6.71. The van der Waals surface area contributed by atoms with Crippen LogP contribution in [0.1, 0.15) is 44.9 Å². The first-order valence-electron chi connectivity index (χ1n) is 7.66. The van der Waals surface area contributed by atoms with E-state index in [9.17, 15) is 0 Å². The smallest absolute Gasteiger partial charge is 0.156 e. The van der Waals surface area contributed by atoms with Crippen LogP contribution in [0.3, 0.4) is 0 Å². The van der Waals surface area contributed by atoms with Gasteiger partial charge in [-0.2, -0.15) is 0 Å². The van der Waals surface area contributed by atoms with Gasteiger partial charge >= 0.3 is 0 Å². The molecule has 1 heterocycles. The monoisotopic (exact) mass is 282 g/mol. The van der Waals surface area contributed by atoms with E-state index in [1.165, 1.54) is 55.9 Å². The Morgan fingerprint density at radius 1 is 1.26 bits per heavy atom. The highest BCUT2D eigenvalue weighted by molar-refractivity contribution is 8.13. The van der Waals surface area contributed by atoms with E-state index in [1.54, 1.807) is 7.11 Å². The van der Waals surface area contributed by atoms with E-state index in [2.05, 4.69) is 5.32 Å². The number of rotatable bonds is 5. The van der Waals surface area contributed by atoms with Crippen molar-refractivity contribution in [2.24, 2.45) is 15.8 Å². The van der Waals surface area contributed by atoms with Gasteiger partial charge in [0.05, 0.1) is 0 Å². The molecule has 4 heteroatoms. The highest BCUT2D eigenvalue weighted by atomic mass is 32.2. The minimum absolute atomic E-state index is 0.515. The van der Waals surface area contributed by atoms with Crippen LogP contribution in [-0.4, -0.2) is 37.7 Å². The van der Waals surface area contributed by atoms with E-state index in [1.807, 2.05) is 11.8 Å². The van der Waals surface area contributed by atoms with Crippen LogP contribution in [0, 0.1) is 10.8 Å². The fourth-order valence-corrected chi connectivity index (χ4v) is 4.51. The first-order valence-corrected chi connectivity index (χ1v) is 8.65. The predicted octanol–water partition coefficient (Wildman–Crippen LogP) is 3.06. The fourth-order valence-electron chi connectivity index (χ4n) is 3.36. The van der Waals surface area contributed by atoms with E-state index < -0.39 is 0 Å². The number of aliphatic imine (C=N–C) groups is 1. The summed E-state index contributed by atoms with van der Waals surface area (Å²) in [5, 5.41) is 4.79. The van der Waals surface area contributed by atoms with Crippen molar-refractivity contribution in [1.82, 2.24) is 5.32 Å². The molecular formula is C15H26N2OS. The number of ether oxygens (including phenoxy) is 1. The topological polar surface area (TPSA) is 33.6 Å². The number of amidine groups is 1. The Morgan fingerprint density at radius 2 is 2.05 bits per heavy atom. The summed E-state index contributed by atoms with van der Waals surface area (Å²) in [6, 6.07) is 0. The third kappa shape index (κ3) is 3.27. The number of methoxy groups -OCH3 is 1. The largest absolute Gasteiger partial charge is 0.385 e. The van der Waals surface area contributed by atoms with E-state index in [-0.39, 0.29) is 0 Å². The van der Waals surface area contributed by atoms with Crippen LogP contribution in [0.15, 0.2) is 4.99 Å². The van der Waals surface area contributed by atoms with Gasteiger partial charge in [0.15, 0.2) is 5.17 Å². The van der Waals surface area contributed by atoms with Gasteiger partial charge in [-0.1, -0.05) is 24.6 Å². The molecule has 108 valence electrons. The molecule has 0 radical (unpaired) electrons. The maximum Gasteiger partial charge on any atom is 0.156 e. The van der Waals surface area contributed by atoms with Crippen LogP contribution in [0.5, 0.6) is 0 Å². The Kier molecular flexibility index (Phi) is 4.08. The molecule has 1 spiro atoms. The molecule has 3 aliphatic rings. The first kappa shape index (κ1) is 13.7. The first-order chi connectivity index (χ1) is 9.26. The predicted molar refractivity (Wildman–Crippen MR) is 81.8 cm³/mol. The normalized spacial score (nSPS) is 27.3. The molecule has 0 amide bonds. The lowest BCUT2D eigenvalue weighted by molar-refractivity contribution is 0.172. The summed E-state index contributed by atoms with van der Waals surface area (Å²) in [5.74, 6) is 1.28.